The maximum Gasteiger partial charge on any atom is 0.0905 e. The number of hydrogen-bond donors (Lipinski definition) is 2. The summed E-state index contributed by atoms with van der Waals surface area (Å²) in [6, 6.07) is 52.4. The van der Waals surface area contributed by atoms with Gasteiger partial charge < -0.3 is 20.1 Å². The molecule has 0 saturated carbocycles. The van der Waals surface area contributed by atoms with Crippen LogP contribution in [0.5, 0.6) is 0 Å². The predicted octanol–water partition coefficient (Wildman–Crippen LogP) is 10.8. The first kappa shape index (κ1) is 36.5. The van der Waals surface area contributed by atoms with Crippen LogP contribution < -0.4 is 10.6 Å². The van der Waals surface area contributed by atoms with Crippen molar-refractivity contribution in [3.8, 4) is 0 Å². The SMILES string of the molecule is CNC[C@H](c1ccc2ccccc2c1)[C@@H](OCCCCCCCO[C@@H](c1ccccc1)[C@H](CNC)c1ccc2ccccc2c1)c1ccccc1. The lowest BCUT2D eigenvalue weighted by Crippen LogP contribution is -2.25. The average Bonchev–Trinajstić information content (AvgIpc) is 3.19. The maximum atomic E-state index is 6.77. The van der Waals surface area contributed by atoms with Crippen LogP contribution in [0.1, 0.15) is 78.4 Å². The van der Waals surface area contributed by atoms with E-state index in [0.29, 0.717) is 0 Å². The Morgan fingerprint density at radius 3 is 1.18 bits per heavy atom. The summed E-state index contributed by atoms with van der Waals surface area (Å²) in [7, 11) is 4.07. The predicted molar refractivity (Wildman–Crippen MR) is 215 cm³/mol. The van der Waals surface area contributed by atoms with Crippen LogP contribution in [-0.4, -0.2) is 40.4 Å². The van der Waals surface area contributed by atoms with Crippen molar-refractivity contribution in [3.63, 3.8) is 0 Å². The maximum absolute atomic E-state index is 6.77. The van der Waals surface area contributed by atoms with E-state index in [1.807, 2.05) is 14.1 Å². The molecule has 4 atom stereocenters. The molecule has 0 amide bonds. The van der Waals surface area contributed by atoms with Gasteiger partial charge in [-0.3, -0.25) is 0 Å². The largest absolute Gasteiger partial charge is 0.373 e. The van der Waals surface area contributed by atoms with E-state index in [9.17, 15) is 0 Å². The highest BCUT2D eigenvalue weighted by molar-refractivity contribution is 5.84. The van der Waals surface area contributed by atoms with Crippen LogP contribution in [0.25, 0.3) is 21.5 Å². The van der Waals surface area contributed by atoms with Crippen LogP contribution >= 0.6 is 0 Å². The molecule has 0 aliphatic carbocycles. The van der Waals surface area contributed by atoms with Crippen LogP contribution in [0.2, 0.25) is 0 Å². The number of fused-ring (bicyclic) bond motifs is 2. The molecule has 0 aromatic heterocycles. The minimum absolute atomic E-state index is 0.0173. The van der Waals surface area contributed by atoms with E-state index in [4.69, 9.17) is 9.47 Å². The Morgan fingerprint density at radius 1 is 0.392 bits per heavy atom. The lowest BCUT2D eigenvalue weighted by Gasteiger charge is -2.29. The molecule has 0 aliphatic heterocycles. The van der Waals surface area contributed by atoms with Gasteiger partial charge in [0.2, 0.25) is 0 Å². The Balaban J connectivity index is 1.02. The Hall–Kier alpha value is -4.32. The average molecular weight is 679 g/mol. The van der Waals surface area contributed by atoms with Crippen LogP contribution in [0.3, 0.4) is 0 Å². The van der Waals surface area contributed by atoms with Gasteiger partial charge in [0, 0.05) is 38.1 Å². The summed E-state index contributed by atoms with van der Waals surface area (Å²) < 4.78 is 13.5. The van der Waals surface area contributed by atoms with Gasteiger partial charge in [0.05, 0.1) is 12.2 Å². The van der Waals surface area contributed by atoms with Gasteiger partial charge in [-0.25, -0.2) is 0 Å². The molecular weight excluding hydrogens is 625 g/mol. The van der Waals surface area contributed by atoms with Crippen molar-refractivity contribution in [2.24, 2.45) is 0 Å². The van der Waals surface area contributed by atoms with Crippen molar-refractivity contribution in [1.82, 2.24) is 10.6 Å². The van der Waals surface area contributed by atoms with Crippen molar-refractivity contribution >= 4 is 21.5 Å². The molecule has 0 aliphatic rings. The second-order valence-corrected chi connectivity index (χ2v) is 13.7. The highest BCUT2D eigenvalue weighted by Crippen LogP contribution is 2.37. The minimum atomic E-state index is -0.0173. The molecule has 0 heterocycles. The molecule has 4 heteroatoms. The standard InChI is InChI=1S/C47H54N2O2/c1-48-34-44(42-28-26-36-18-12-14-24-40(36)32-42)46(38-20-8-6-9-21-38)50-30-16-4-3-5-17-31-51-47(39-22-10-7-11-23-39)45(35-49-2)43-29-27-37-19-13-15-25-41(37)33-43/h6-15,18-29,32-33,44-49H,3-5,16-17,30-31,34-35H2,1-2H3/t44-,45-,46+,47+/m1/s1. The number of ether oxygens (including phenoxy) is 2. The third kappa shape index (κ3) is 9.93. The molecule has 6 rings (SSSR count). The van der Waals surface area contributed by atoms with Gasteiger partial charge in [-0.05, 0) is 70.7 Å². The van der Waals surface area contributed by atoms with Gasteiger partial charge in [0.15, 0.2) is 0 Å². The van der Waals surface area contributed by atoms with Gasteiger partial charge in [-0.15, -0.1) is 0 Å². The van der Waals surface area contributed by atoms with Crippen LogP contribution in [0.4, 0.5) is 0 Å². The molecule has 0 radical (unpaired) electrons. The normalized spacial score (nSPS) is 14.0. The molecule has 2 N–H and O–H groups in total. The summed E-state index contributed by atoms with van der Waals surface area (Å²) in [5, 5.41) is 12.0. The van der Waals surface area contributed by atoms with E-state index in [1.165, 1.54) is 50.2 Å². The highest BCUT2D eigenvalue weighted by Gasteiger charge is 2.27. The monoisotopic (exact) mass is 678 g/mol. The molecule has 0 unspecified atom stereocenters. The zero-order valence-electron chi connectivity index (χ0n) is 30.3. The van der Waals surface area contributed by atoms with E-state index in [2.05, 4.69) is 156 Å². The zero-order valence-corrected chi connectivity index (χ0v) is 30.3. The number of hydrogen-bond acceptors (Lipinski definition) is 4. The quantitative estimate of drug-likeness (QED) is 0.0789. The Kier molecular flexibility index (Phi) is 13.8. The third-order valence-corrected chi connectivity index (χ3v) is 10.1. The summed E-state index contributed by atoms with van der Waals surface area (Å²) in [4.78, 5) is 0. The molecule has 4 nitrogen and oxygen atoms in total. The first-order chi connectivity index (χ1) is 25.2. The minimum Gasteiger partial charge on any atom is -0.373 e. The van der Waals surface area contributed by atoms with E-state index in [-0.39, 0.29) is 24.0 Å². The Morgan fingerprint density at radius 2 is 0.765 bits per heavy atom. The number of benzene rings is 6. The van der Waals surface area contributed by atoms with E-state index in [1.54, 1.807) is 0 Å². The molecule has 0 saturated heterocycles. The van der Waals surface area contributed by atoms with Crippen molar-refractivity contribution in [1.29, 1.82) is 0 Å². The summed E-state index contributed by atoms with van der Waals surface area (Å²) in [6.45, 7) is 3.19. The highest BCUT2D eigenvalue weighted by atomic mass is 16.5. The molecule has 6 aromatic carbocycles. The molecule has 51 heavy (non-hydrogen) atoms. The lowest BCUT2D eigenvalue weighted by atomic mass is 9.87. The van der Waals surface area contributed by atoms with Crippen LogP contribution in [-0.2, 0) is 9.47 Å². The van der Waals surface area contributed by atoms with Gasteiger partial charge in [-0.2, -0.15) is 0 Å². The van der Waals surface area contributed by atoms with Gasteiger partial charge >= 0.3 is 0 Å². The van der Waals surface area contributed by atoms with Gasteiger partial charge in [-0.1, -0.05) is 165 Å². The Bertz CT molecular complexity index is 1750. The van der Waals surface area contributed by atoms with Crippen molar-refractivity contribution in [3.05, 3.63) is 168 Å². The number of rotatable bonds is 20. The summed E-state index contributed by atoms with van der Waals surface area (Å²) in [5.74, 6) is 0.413. The number of unbranched alkanes of at least 4 members (excludes halogenated alkanes) is 4. The fourth-order valence-electron chi connectivity index (χ4n) is 7.45. The van der Waals surface area contributed by atoms with E-state index in [0.717, 1.165) is 52.0 Å². The lowest BCUT2D eigenvalue weighted by molar-refractivity contribution is 0.0279. The second kappa shape index (κ2) is 19.3. The number of nitrogens with one attached hydrogen (secondary N) is 2. The molecule has 0 bridgehead atoms. The Labute approximate surface area is 305 Å². The fraction of sp³-hybridized carbons (Fsp3) is 0.319. The van der Waals surface area contributed by atoms with Crippen molar-refractivity contribution in [2.75, 3.05) is 40.4 Å². The molecule has 264 valence electrons. The van der Waals surface area contributed by atoms with Gasteiger partial charge in [0.1, 0.15) is 0 Å². The summed E-state index contributed by atoms with van der Waals surface area (Å²) in [5.41, 5.74) is 5.08. The molecule has 6 aromatic rings. The molecule has 0 fully saturated rings. The van der Waals surface area contributed by atoms with Crippen molar-refractivity contribution in [2.45, 2.75) is 56.1 Å². The summed E-state index contributed by atoms with van der Waals surface area (Å²) >= 11 is 0. The first-order valence-corrected chi connectivity index (χ1v) is 18.8. The third-order valence-electron chi connectivity index (χ3n) is 10.1. The smallest absolute Gasteiger partial charge is 0.0905 e. The topological polar surface area (TPSA) is 42.5 Å². The van der Waals surface area contributed by atoms with E-state index >= 15 is 0 Å². The first-order valence-electron chi connectivity index (χ1n) is 18.8. The number of likely N-dealkylation sites (N-methyl/N-ethyl adjacent to an activating group) is 2. The second-order valence-electron chi connectivity index (χ2n) is 13.7. The summed E-state index contributed by atoms with van der Waals surface area (Å²) in [6.07, 6.45) is 5.53. The van der Waals surface area contributed by atoms with Gasteiger partial charge in [0.25, 0.3) is 0 Å². The van der Waals surface area contributed by atoms with Crippen molar-refractivity contribution < 1.29 is 9.47 Å². The molecular formula is C47H54N2O2. The van der Waals surface area contributed by atoms with Crippen LogP contribution in [0, 0.1) is 0 Å². The zero-order chi connectivity index (χ0) is 35.1. The fourth-order valence-corrected chi connectivity index (χ4v) is 7.45. The van der Waals surface area contributed by atoms with E-state index < -0.39 is 0 Å². The van der Waals surface area contributed by atoms with Crippen LogP contribution in [0.15, 0.2) is 146 Å². The molecule has 0 spiro atoms.